The molecule has 0 amide bonds. The van der Waals surface area contributed by atoms with Gasteiger partial charge in [-0.3, -0.25) is 0 Å². The Morgan fingerprint density at radius 3 is 1.09 bits per heavy atom. The second kappa shape index (κ2) is 10.5. The quantitative estimate of drug-likeness (QED) is 0.338. The van der Waals surface area contributed by atoms with Gasteiger partial charge in [0.25, 0.3) is 0 Å². The summed E-state index contributed by atoms with van der Waals surface area (Å²) >= 11 is 0. The summed E-state index contributed by atoms with van der Waals surface area (Å²) in [7, 11) is 0. The van der Waals surface area contributed by atoms with Crippen LogP contribution in [0.25, 0.3) is 0 Å². The maximum atomic E-state index is 8.34. The Morgan fingerprint density at radius 1 is 0.909 bits per heavy atom. The van der Waals surface area contributed by atoms with Gasteiger partial charge in [-0.15, -0.1) is 0 Å². The molecule has 0 radical (unpaired) electrons. The van der Waals surface area contributed by atoms with Gasteiger partial charge in [-0.25, -0.2) is 0 Å². The Hall–Kier alpha value is 0.526. The van der Waals surface area contributed by atoms with E-state index in [0.29, 0.717) is 0 Å². The van der Waals surface area contributed by atoms with Crippen molar-refractivity contribution in [1.29, 1.82) is 0 Å². The van der Waals surface area contributed by atoms with E-state index < -0.39 is 25.4 Å². The van der Waals surface area contributed by atoms with Gasteiger partial charge in [0.1, 0.15) is 0 Å². The first-order valence-corrected chi connectivity index (χ1v) is 2.30. The van der Waals surface area contributed by atoms with Gasteiger partial charge in [0.05, 0.1) is 25.4 Å². The summed E-state index contributed by atoms with van der Waals surface area (Å²) in [5.74, 6) is 0. The molecule has 7 heteroatoms. The topological polar surface area (TPSA) is 147 Å². The molecular formula is C4H13MgNO5. The van der Waals surface area contributed by atoms with Gasteiger partial charge in [0, 0.05) is 0 Å². The van der Waals surface area contributed by atoms with Crippen LogP contribution < -0.4 is 5.73 Å². The number of rotatable bonds is 3. The number of hydrogen-bond acceptors (Lipinski definition) is 6. The molecule has 11 heavy (non-hydrogen) atoms. The van der Waals surface area contributed by atoms with Gasteiger partial charge in [-0.1, -0.05) is 0 Å². The van der Waals surface area contributed by atoms with Crippen LogP contribution in [0.3, 0.4) is 0 Å². The molecule has 6 nitrogen and oxygen atoms in total. The van der Waals surface area contributed by atoms with E-state index in [0.717, 1.165) is 0 Å². The number of hydrogen-bond donors (Lipinski definition) is 4. The van der Waals surface area contributed by atoms with Crippen molar-refractivity contribution in [2.24, 2.45) is 5.73 Å². The van der Waals surface area contributed by atoms with Gasteiger partial charge < -0.3 is 32.0 Å². The summed E-state index contributed by atoms with van der Waals surface area (Å²) < 4.78 is 0. The smallest absolute Gasteiger partial charge is 0.870 e. The SMILES string of the molecule is NC(CO)(CO)CO.[Mg+2].[OH-].[OH-]. The van der Waals surface area contributed by atoms with E-state index in [9.17, 15) is 0 Å². The van der Waals surface area contributed by atoms with Gasteiger partial charge in [-0.2, -0.15) is 0 Å². The molecule has 0 aromatic carbocycles. The first-order valence-electron chi connectivity index (χ1n) is 2.30. The van der Waals surface area contributed by atoms with E-state index in [1.165, 1.54) is 0 Å². The number of aliphatic hydroxyl groups is 3. The normalized spacial score (nSPS) is 8.73. The summed E-state index contributed by atoms with van der Waals surface area (Å²) in [6, 6.07) is 0. The van der Waals surface area contributed by atoms with Crippen LogP contribution in [-0.4, -0.2) is 74.7 Å². The number of aliphatic hydroxyl groups excluding tert-OH is 3. The van der Waals surface area contributed by atoms with Crippen molar-refractivity contribution in [3.8, 4) is 0 Å². The minimum atomic E-state index is -1.21. The van der Waals surface area contributed by atoms with Gasteiger partial charge in [0.2, 0.25) is 0 Å². The molecule has 0 aromatic rings. The van der Waals surface area contributed by atoms with Crippen LogP contribution in [0.1, 0.15) is 0 Å². The Balaban J connectivity index is -0.0000000817. The molecule has 0 fully saturated rings. The molecule has 7 N–H and O–H groups in total. The Bertz CT molecular complexity index is 61.2. The Labute approximate surface area is 80.8 Å². The zero-order chi connectivity index (χ0) is 6.62. The Morgan fingerprint density at radius 2 is 1.09 bits per heavy atom. The second-order valence-corrected chi connectivity index (χ2v) is 1.84. The monoisotopic (exact) mass is 179 g/mol. The van der Waals surface area contributed by atoms with Gasteiger partial charge in [-0.05, 0) is 0 Å². The van der Waals surface area contributed by atoms with Crippen LogP contribution in [0.2, 0.25) is 0 Å². The molecule has 0 aromatic heterocycles. The van der Waals surface area contributed by atoms with E-state index >= 15 is 0 Å². The van der Waals surface area contributed by atoms with Crippen molar-refractivity contribution < 1.29 is 26.3 Å². The minimum Gasteiger partial charge on any atom is -0.870 e. The third kappa shape index (κ3) is 8.43. The molecule has 66 valence electrons. The van der Waals surface area contributed by atoms with Crippen LogP contribution in [0.4, 0.5) is 0 Å². The first-order chi connectivity index (χ1) is 3.68. The molecule has 0 heterocycles. The third-order valence-corrected chi connectivity index (χ3v) is 0.945. The van der Waals surface area contributed by atoms with Crippen molar-refractivity contribution in [3.05, 3.63) is 0 Å². The average Bonchev–Trinajstić information content (AvgIpc) is 1.87. The van der Waals surface area contributed by atoms with E-state index in [-0.39, 0.29) is 34.0 Å². The van der Waals surface area contributed by atoms with E-state index in [1.54, 1.807) is 0 Å². The number of nitrogens with two attached hydrogens (primary N) is 1. The van der Waals surface area contributed by atoms with Crippen molar-refractivity contribution in [3.63, 3.8) is 0 Å². The maximum Gasteiger partial charge on any atom is 2.00 e. The summed E-state index contributed by atoms with van der Waals surface area (Å²) in [6.45, 7) is -1.21. The van der Waals surface area contributed by atoms with Crippen molar-refractivity contribution >= 4 is 23.1 Å². The summed E-state index contributed by atoms with van der Waals surface area (Å²) in [5.41, 5.74) is 3.94. The molecule has 0 saturated heterocycles. The fourth-order valence-corrected chi connectivity index (χ4v) is 0.150. The van der Waals surface area contributed by atoms with Crippen molar-refractivity contribution in [2.45, 2.75) is 5.54 Å². The molecule has 0 unspecified atom stereocenters. The van der Waals surface area contributed by atoms with Crippen LogP contribution >= 0.6 is 0 Å². The summed E-state index contributed by atoms with van der Waals surface area (Å²) in [4.78, 5) is 0. The zero-order valence-corrected chi connectivity index (χ0v) is 7.56. The molecule has 0 aliphatic carbocycles. The zero-order valence-electron chi connectivity index (χ0n) is 6.14. The minimum absolute atomic E-state index is 0. The third-order valence-electron chi connectivity index (χ3n) is 0.945. The van der Waals surface area contributed by atoms with Crippen LogP contribution in [-0.2, 0) is 0 Å². The van der Waals surface area contributed by atoms with Gasteiger partial charge >= 0.3 is 23.1 Å². The second-order valence-electron chi connectivity index (χ2n) is 1.84. The van der Waals surface area contributed by atoms with Crippen LogP contribution in [0, 0.1) is 0 Å². The molecule has 0 spiro atoms. The average molecular weight is 179 g/mol. The van der Waals surface area contributed by atoms with Crippen molar-refractivity contribution in [1.82, 2.24) is 0 Å². The predicted octanol–water partition coefficient (Wildman–Crippen LogP) is -3.07. The van der Waals surface area contributed by atoms with Crippen LogP contribution in [0.5, 0.6) is 0 Å². The maximum absolute atomic E-state index is 8.34. The molecule has 0 aliphatic rings. The molecule has 0 saturated carbocycles. The van der Waals surface area contributed by atoms with E-state index in [1.807, 2.05) is 0 Å². The summed E-state index contributed by atoms with van der Waals surface area (Å²) in [6.07, 6.45) is 0. The fourth-order valence-electron chi connectivity index (χ4n) is 0.150. The van der Waals surface area contributed by atoms with E-state index in [2.05, 4.69) is 0 Å². The Kier molecular flexibility index (Phi) is 21.6. The largest absolute Gasteiger partial charge is 2.00 e. The molecule has 0 rings (SSSR count). The van der Waals surface area contributed by atoms with Gasteiger partial charge in [0.15, 0.2) is 0 Å². The predicted molar refractivity (Wildman–Crippen MR) is 37.8 cm³/mol. The van der Waals surface area contributed by atoms with Crippen molar-refractivity contribution in [2.75, 3.05) is 19.8 Å². The fraction of sp³-hybridized carbons (Fsp3) is 1.00. The molecule has 0 bridgehead atoms. The standard InChI is InChI=1S/C4H11NO3.Mg.2H2O/c5-4(1-6,2-7)3-8;;;/h6-8H,1-3,5H2;;2*1H2/q;+2;;/p-2. The molecular weight excluding hydrogens is 166 g/mol. The first kappa shape index (κ1) is 22.5. The van der Waals surface area contributed by atoms with E-state index in [4.69, 9.17) is 21.1 Å². The molecule has 0 aliphatic heterocycles. The molecule has 0 atom stereocenters. The van der Waals surface area contributed by atoms with Crippen LogP contribution in [0.15, 0.2) is 0 Å². The summed E-state index contributed by atoms with van der Waals surface area (Å²) in [5, 5.41) is 25.0.